The number of hydrogen-bond donors (Lipinski definition) is 0. The molecule has 2 saturated heterocycles. The number of nitrogens with zero attached hydrogens (tertiary/aromatic N) is 3. The summed E-state index contributed by atoms with van der Waals surface area (Å²) >= 11 is 1.74. The molecule has 0 N–H and O–H groups in total. The summed E-state index contributed by atoms with van der Waals surface area (Å²) in [4.78, 5) is 21.8. The number of amides is 1. The molecule has 2 aromatic rings. The minimum Gasteiger partial charge on any atom is -0.338 e. The van der Waals surface area contributed by atoms with E-state index in [9.17, 15) is 4.79 Å². The van der Waals surface area contributed by atoms with Crippen LogP contribution in [0.5, 0.6) is 0 Å². The minimum absolute atomic E-state index is 0.182. The number of thiophene rings is 1. The third kappa shape index (κ3) is 2.76. The third-order valence-electron chi connectivity index (χ3n) is 5.60. The molecular weight excluding hydrogens is 318 g/mol. The average Bonchev–Trinajstić information content (AvgIpc) is 3.27. The van der Waals surface area contributed by atoms with Gasteiger partial charge in [-0.2, -0.15) is 11.3 Å². The zero-order valence-corrected chi connectivity index (χ0v) is 14.8. The summed E-state index contributed by atoms with van der Waals surface area (Å²) in [7, 11) is 0. The van der Waals surface area contributed by atoms with Crippen molar-refractivity contribution in [1.29, 1.82) is 0 Å². The van der Waals surface area contributed by atoms with E-state index in [1.54, 1.807) is 17.5 Å². The molecule has 0 bridgehead atoms. The fraction of sp³-hybridized carbons (Fsp3) is 0.474. The number of likely N-dealkylation sites (tertiary alicyclic amines) is 2. The Hall–Kier alpha value is -1.72. The maximum atomic E-state index is 13.2. The first-order valence-electron chi connectivity index (χ1n) is 8.59. The van der Waals surface area contributed by atoms with Crippen LogP contribution in [0.4, 0.5) is 0 Å². The van der Waals surface area contributed by atoms with Gasteiger partial charge in [0.05, 0.1) is 5.41 Å². The van der Waals surface area contributed by atoms with Crippen LogP contribution in [-0.4, -0.2) is 40.3 Å². The van der Waals surface area contributed by atoms with E-state index in [1.165, 1.54) is 5.56 Å². The van der Waals surface area contributed by atoms with E-state index in [-0.39, 0.29) is 5.41 Å². The van der Waals surface area contributed by atoms with Crippen LogP contribution >= 0.6 is 11.3 Å². The van der Waals surface area contributed by atoms with Crippen molar-refractivity contribution in [3.8, 4) is 0 Å². The molecule has 4 rings (SSSR count). The highest BCUT2D eigenvalue weighted by molar-refractivity contribution is 7.07. The van der Waals surface area contributed by atoms with Gasteiger partial charge in [-0.3, -0.25) is 14.7 Å². The second-order valence-corrected chi connectivity index (χ2v) is 7.98. The van der Waals surface area contributed by atoms with Crippen LogP contribution in [0.25, 0.3) is 0 Å². The molecule has 0 radical (unpaired) electrons. The topological polar surface area (TPSA) is 36.4 Å². The Bertz CT molecular complexity index is 703. The molecule has 2 atom stereocenters. The molecule has 1 amide bonds. The van der Waals surface area contributed by atoms with Gasteiger partial charge in [-0.05, 0) is 46.4 Å². The molecule has 4 heterocycles. The van der Waals surface area contributed by atoms with Crippen LogP contribution in [-0.2, 0) is 17.9 Å². The smallest absolute Gasteiger partial charge is 0.230 e. The molecule has 24 heavy (non-hydrogen) atoms. The van der Waals surface area contributed by atoms with E-state index in [2.05, 4.69) is 33.6 Å². The van der Waals surface area contributed by atoms with Crippen LogP contribution in [0.3, 0.4) is 0 Å². The van der Waals surface area contributed by atoms with E-state index < -0.39 is 0 Å². The van der Waals surface area contributed by atoms with E-state index in [4.69, 9.17) is 0 Å². The SMILES string of the molecule is C[C@@H]1CN(Cc2ccsc2)C[C@]12CCN(Cc1cccnc1)C2=O. The number of rotatable bonds is 4. The molecule has 2 aliphatic heterocycles. The molecule has 2 fully saturated rings. The summed E-state index contributed by atoms with van der Waals surface area (Å²) in [5.41, 5.74) is 2.30. The fourth-order valence-electron chi connectivity index (χ4n) is 4.27. The lowest BCUT2D eigenvalue weighted by Crippen LogP contribution is -2.39. The highest BCUT2D eigenvalue weighted by Gasteiger charge is 2.54. The Kier molecular flexibility index (Phi) is 4.14. The van der Waals surface area contributed by atoms with Gasteiger partial charge in [-0.15, -0.1) is 0 Å². The Morgan fingerprint density at radius 2 is 2.25 bits per heavy atom. The Labute approximate surface area is 147 Å². The van der Waals surface area contributed by atoms with Crippen LogP contribution < -0.4 is 0 Å². The number of carbonyl (C=O) groups excluding carboxylic acids is 1. The van der Waals surface area contributed by atoms with Gasteiger partial charge in [0.15, 0.2) is 0 Å². The molecule has 2 aliphatic rings. The predicted octanol–water partition coefficient (Wildman–Crippen LogP) is 3.01. The lowest BCUT2D eigenvalue weighted by atomic mass is 9.78. The van der Waals surface area contributed by atoms with Crippen molar-refractivity contribution in [3.05, 3.63) is 52.5 Å². The average molecular weight is 341 g/mol. The molecular formula is C19H23N3OS. The second kappa shape index (κ2) is 6.30. The maximum Gasteiger partial charge on any atom is 0.230 e. The van der Waals surface area contributed by atoms with E-state index in [0.29, 0.717) is 18.4 Å². The zero-order valence-electron chi connectivity index (χ0n) is 14.0. The van der Waals surface area contributed by atoms with Crippen LogP contribution in [0.2, 0.25) is 0 Å². The van der Waals surface area contributed by atoms with Gasteiger partial charge in [-0.25, -0.2) is 0 Å². The molecule has 0 unspecified atom stereocenters. The maximum absolute atomic E-state index is 13.2. The van der Waals surface area contributed by atoms with Gasteiger partial charge in [-0.1, -0.05) is 13.0 Å². The van der Waals surface area contributed by atoms with E-state index >= 15 is 0 Å². The number of carbonyl (C=O) groups is 1. The summed E-state index contributed by atoms with van der Waals surface area (Å²) in [5.74, 6) is 0.759. The monoisotopic (exact) mass is 341 g/mol. The van der Waals surface area contributed by atoms with Gasteiger partial charge in [0.2, 0.25) is 5.91 Å². The molecule has 0 saturated carbocycles. The summed E-state index contributed by atoms with van der Waals surface area (Å²) in [5, 5.41) is 4.34. The van der Waals surface area contributed by atoms with Crippen molar-refractivity contribution >= 4 is 17.2 Å². The molecule has 126 valence electrons. The number of aromatic nitrogens is 1. The summed E-state index contributed by atoms with van der Waals surface area (Å²) < 4.78 is 0. The first kappa shape index (κ1) is 15.8. The first-order chi connectivity index (χ1) is 11.7. The Balaban J connectivity index is 1.46. The van der Waals surface area contributed by atoms with Gasteiger partial charge in [0.25, 0.3) is 0 Å². The van der Waals surface area contributed by atoms with Crippen LogP contribution in [0.1, 0.15) is 24.5 Å². The van der Waals surface area contributed by atoms with Crippen molar-refractivity contribution in [2.75, 3.05) is 19.6 Å². The molecule has 5 heteroatoms. The van der Waals surface area contributed by atoms with Crippen molar-refractivity contribution in [1.82, 2.24) is 14.8 Å². The predicted molar refractivity (Wildman–Crippen MR) is 95.5 cm³/mol. The fourth-order valence-corrected chi connectivity index (χ4v) is 4.93. The Morgan fingerprint density at radius 3 is 3.00 bits per heavy atom. The summed E-state index contributed by atoms with van der Waals surface area (Å²) in [6.07, 6.45) is 4.62. The molecule has 0 aliphatic carbocycles. The summed E-state index contributed by atoms with van der Waals surface area (Å²) in [6, 6.07) is 6.17. The largest absolute Gasteiger partial charge is 0.338 e. The lowest BCUT2D eigenvalue weighted by Gasteiger charge is -2.27. The minimum atomic E-state index is -0.182. The molecule has 0 aromatic carbocycles. The third-order valence-corrected chi connectivity index (χ3v) is 6.34. The van der Waals surface area contributed by atoms with Crippen molar-refractivity contribution in [3.63, 3.8) is 0 Å². The molecule has 4 nitrogen and oxygen atoms in total. The standard InChI is InChI=1S/C19H23N3OS/c1-15-10-21(11-17-4-8-24-13-17)14-19(15)5-7-22(18(19)23)12-16-3-2-6-20-9-16/h2-4,6,8-9,13,15H,5,7,10-12,14H2,1H3/t15-,19-/m1/s1. The van der Waals surface area contributed by atoms with E-state index in [1.807, 2.05) is 23.2 Å². The van der Waals surface area contributed by atoms with Gasteiger partial charge in [0, 0.05) is 45.1 Å². The van der Waals surface area contributed by atoms with Crippen LogP contribution in [0.15, 0.2) is 41.4 Å². The number of hydrogen-bond acceptors (Lipinski definition) is 4. The molecule has 2 aromatic heterocycles. The van der Waals surface area contributed by atoms with Crippen molar-refractivity contribution in [2.24, 2.45) is 11.3 Å². The number of pyridine rings is 1. The Morgan fingerprint density at radius 1 is 1.33 bits per heavy atom. The first-order valence-corrected chi connectivity index (χ1v) is 9.53. The second-order valence-electron chi connectivity index (χ2n) is 7.20. The normalized spacial score (nSPS) is 27.5. The van der Waals surface area contributed by atoms with Crippen molar-refractivity contribution < 1.29 is 4.79 Å². The van der Waals surface area contributed by atoms with Crippen LogP contribution in [0, 0.1) is 11.3 Å². The highest BCUT2D eigenvalue weighted by atomic mass is 32.1. The van der Waals surface area contributed by atoms with Gasteiger partial charge in [0.1, 0.15) is 0 Å². The highest BCUT2D eigenvalue weighted by Crippen LogP contribution is 2.45. The van der Waals surface area contributed by atoms with Crippen molar-refractivity contribution in [2.45, 2.75) is 26.4 Å². The zero-order chi connectivity index (χ0) is 16.6. The summed E-state index contributed by atoms with van der Waals surface area (Å²) in [6.45, 7) is 6.68. The quantitative estimate of drug-likeness (QED) is 0.858. The van der Waals surface area contributed by atoms with E-state index in [0.717, 1.165) is 38.2 Å². The lowest BCUT2D eigenvalue weighted by molar-refractivity contribution is -0.137. The molecule has 1 spiro atoms. The van der Waals surface area contributed by atoms with Gasteiger partial charge >= 0.3 is 0 Å². The van der Waals surface area contributed by atoms with Gasteiger partial charge < -0.3 is 4.90 Å².